The van der Waals surface area contributed by atoms with Gasteiger partial charge in [-0.15, -0.1) is 12.4 Å². The first-order valence-corrected chi connectivity index (χ1v) is 7.31. The molecule has 2 N–H and O–H groups in total. The van der Waals surface area contributed by atoms with Crippen molar-refractivity contribution in [2.45, 2.75) is 32.7 Å². The Kier molecular flexibility index (Phi) is 10.4. The standard InChI is InChI=1S/C16H26N2O3.ClH/c1-5-17-12(2)11-18-16(19)7-6-13-8-14(20-3)10-15(9-13)21-4;/h8-10,12,17H,5-7,11H2,1-4H3,(H,18,19);1H/t12-;/m1./s1. The van der Waals surface area contributed by atoms with Gasteiger partial charge in [-0.3, -0.25) is 4.79 Å². The minimum absolute atomic E-state index is 0. The van der Waals surface area contributed by atoms with E-state index >= 15 is 0 Å². The number of methoxy groups -OCH3 is 2. The van der Waals surface area contributed by atoms with Crippen molar-refractivity contribution in [1.82, 2.24) is 10.6 Å². The lowest BCUT2D eigenvalue weighted by Crippen LogP contribution is -2.38. The maximum atomic E-state index is 11.8. The zero-order valence-electron chi connectivity index (χ0n) is 13.8. The molecule has 6 heteroatoms. The van der Waals surface area contributed by atoms with Crippen LogP contribution in [0, 0.1) is 0 Å². The molecule has 1 atom stereocenters. The molecule has 0 radical (unpaired) electrons. The molecule has 0 heterocycles. The molecule has 1 amide bonds. The van der Waals surface area contributed by atoms with E-state index in [1.54, 1.807) is 14.2 Å². The molecule has 0 unspecified atom stereocenters. The Labute approximate surface area is 139 Å². The molecule has 0 aliphatic heterocycles. The first-order valence-electron chi connectivity index (χ1n) is 7.31. The summed E-state index contributed by atoms with van der Waals surface area (Å²) < 4.78 is 10.4. The summed E-state index contributed by atoms with van der Waals surface area (Å²) in [5.74, 6) is 1.54. The van der Waals surface area contributed by atoms with Gasteiger partial charge in [0.25, 0.3) is 0 Å². The Morgan fingerprint density at radius 1 is 1.18 bits per heavy atom. The van der Waals surface area contributed by atoms with Crippen molar-refractivity contribution in [2.24, 2.45) is 0 Å². The van der Waals surface area contributed by atoms with Crippen LogP contribution in [-0.4, -0.2) is 39.3 Å². The average Bonchev–Trinajstić information content (AvgIpc) is 2.50. The van der Waals surface area contributed by atoms with E-state index in [0.29, 0.717) is 19.4 Å². The van der Waals surface area contributed by atoms with E-state index in [-0.39, 0.29) is 24.4 Å². The summed E-state index contributed by atoms with van der Waals surface area (Å²) in [6.07, 6.45) is 1.12. The Morgan fingerprint density at radius 2 is 1.77 bits per heavy atom. The normalized spacial score (nSPS) is 11.3. The smallest absolute Gasteiger partial charge is 0.220 e. The molecule has 1 rings (SSSR count). The molecule has 22 heavy (non-hydrogen) atoms. The Bertz CT molecular complexity index is 433. The molecular weight excluding hydrogens is 304 g/mol. The first-order chi connectivity index (χ1) is 10.1. The molecule has 0 saturated heterocycles. The molecule has 0 aliphatic carbocycles. The molecule has 126 valence electrons. The van der Waals surface area contributed by atoms with Gasteiger partial charge in [-0.05, 0) is 37.6 Å². The lowest BCUT2D eigenvalue weighted by molar-refractivity contribution is -0.121. The number of hydrogen-bond donors (Lipinski definition) is 2. The Balaban J connectivity index is 0.00000441. The number of halogens is 1. The fourth-order valence-corrected chi connectivity index (χ4v) is 2.04. The molecule has 0 aromatic heterocycles. The summed E-state index contributed by atoms with van der Waals surface area (Å²) in [6.45, 7) is 5.65. The summed E-state index contributed by atoms with van der Waals surface area (Å²) in [5.41, 5.74) is 1.03. The van der Waals surface area contributed by atoms with E-state index < -0.39 is 0 Å². The molecular formula is C16H27ClN2O3. The molecule has 0 aliphatic rings. The second kappa shape index (κ2) is 11.2. The van der Waals surface area contributed by atoms with Crippen LogP contribution in [0.25, 0.3) is 0 Å². The molecule has 0 spiro atoms. The number of amides is 1. The van der Waals surface area contributed by atoms with Gasteiger partial charge in [-0.1, -0.05) is 6.92 Å². The van der Waals surface area contributed by atoms with Crippen LogP contribution >= 0.6 is 12.4 Å². The predicted octanol–water partition coefficient (Wildman–Crippen LogP) is 2.17. The van der Waals surface area contributed by atoms with E-state index in [0.717, 1.165) is 23.6 Å². The topological polar surface area (TPSA) is 59.6 Å². The number of hydrogen-bond acceptors (Lipinski definition) is 4. The fourth-order valence-electron chi connectivity index (χ4n) is 2.04. The first kappa shape index (κ1) is 20.5. The van der Waals surface area contributed by atoms with Gasteiger partial charge in [0.05, 0.1) is 14.2 Å². The van der Waals surface area contributed by atoms with Crippen LogP contribution in [0.2, 0.25) is 0 Å². The molecule has 0 bridgehead atoms. The van der Waals surface area contributed by atoms with Gasteiger partial charge in [0.2, 0.25) is 5.91 Å². The van der Waals surface area contributed by atoms with Crippen molar-refractivity contribution in [3.63, 3.8) is 0 Å². The molecule has 1 aromatic rings. The van der Waals surface area contributed by atoms with Gasteiger partial charge in [0.1, 0.15) is 11.5 Å². The SMILES string of the molecule is CCN[C@H](C)CNC(=O)CCc1cc(OC)cc(OC)c1.Cl. The van der Waals surface area contributed by atoms with Crippen molar-refractivity contribution >= 4 is 18.3 Å². The van der Waals surface area contributed by atoms with Crippen LogP contribution in [0.1, 0.15) is 25.8 Å². The molecule has 0 saturated carbocycles. The highest BCUT2D eigenvalue weighted by Crippen LogP contribution is 2.23. The number of likely N-dealkylation sites (N-methyl/N-ethyl adjacent to an activating group) is 1. The summed E-state index contributed by atoms with van der Waals surface area (Å²) >= 11 is 0. The Morgan fingerprint density at radius 3 is 2.27 bits per heavy atom. The van der Waals surface area contributed by atoms with E-state index in [1.165, 1.54) is 0 Å². The van der Waals surface area contributed by atoms with Crippen molar-refractivity contribution in [2.75, 3.05) is 27.3 Å². The van der Waals surface area contributed by atoms with E-state index in [2.05, 4.69) is 24.5 Å². The third-order valence-electron chi connectivity index (χ3n) is 3.21. The summed E-state index contributed by atoms with van der Waals surface area (Å²) in [7, 11) is 3.24. The maximum absolute atomic E-state index is 11.8. The van der Waals surface area contributed by atoms with Gasteiger partial charge < -0.3 is 20.1 Å². The van der Waals surface area contributed by atoms with Crippen LogP contribution in [0.5, 0.6) is 11.5 Å². The Hall–Kier alpha value is -1.46. The van der Waals surface area contributed by atoms with E-state index in [4.69, 9.17) is 9.47 Å². The summed E-state index contributed by atoms with van der Waals surface area (Å²) in [6, 6.07) is 5.96. The van der Waals surface area contributed by atoms with E-state index in [9.17, 15) is 4.79 Å². The van der Waals surface area contributed by atoms with Crippen LogP contribution in [0.4, 0.5) is 0 Å². The lowest BCUT2D eigenvalue weighted by Gasteiger charge is -2.13. The number of benzene rings is 1. The van der Waals surface area contributed by atoms with Crippen LogP contribution in [0.15, 0.2) is 18.2 Å². The largest absolute Gasteiger partial charge is 0.497 e. The highest BCUT2D eigenvalue weighted by atomic mass is 35.5. The average molecular weight is 331 g/mol. The highest BCUT2D eigenvalue weighted by Gasteiger charge is 2.07. The molecule has 1 aromatic carbocycles. The number of nitrogens with one attached hydrogen (secondary N) is 2. The van der Waals surface area contributed by atoms with Crippen molar-refractivity contribution in [3.8, 4) is 11.5 Å². The van der Waals surface area contributed by atoms with E-state index in [1.807, 2.05) is 18.2 Å². The zero-order chi connectivity index (χ0) is 15.7. The van der Waals surface area contributed by atoms with Crippen molar-refractivity contribution < 1.29 is 14.3 Å². The number of aryl methyl sites for hydroxylation is 1. The van der Waals surface area contributed by atoms with Crippen molar-refractivity contribution in [3.05, 3.63) is 23.8 Å². The second-order valence-electron chi connectivity index (χ2n) is 4.98. The molecule has 5 nitrogen and oxygen atoms in total. The fraction of sp³-hybridized carbons (Fsp3) is 0.562. The van der Waals surface area contributed by atoms with Crippen LogP contribution < -0.4 is 20.1 Å². The van der Waals surface area contributed by atoms with Crippen molar-refractivity contribution in [1.29, 1.82) is 0 Å². The third kappa shape index (κ3) is 7.52. The van der Waals surface area contributed by atoms with Crippen LogP contribution in [-0.2, 0) is 11.2 Å². The lowest BCUT2D eigenvalue weighted by atomic mass is 10.1. The number of rotatable bonds is 9. The minimum atomic E-state index is 0. The second-order valence-corrected chi connectivity index (χ2v) is 4.98. The zero-order valence-corrected chi connectivity index (χ0v) is 14.6. The van der Waals surface area contributed by atoms with Gasteiger partial charge in [0.15, 0.2) is 0 Å². The highest BCUT2D eigenvalue weighted by molar-refractivity contribution is 5.85. The predicted molar refractivity (Wildman–Crippen MR) is 91.3 cm³/mol. The van der Waals surface area contributed by atoms with Gasteiger partial charge >= 0.3 is 0 Å². The van der Waals surface area contributed by atoms with Gasteiger partial charge in [-0.2, -0.15) is 0 Å². The quantitative estimate of drug-likeness (QED) is 0.728. The summed E-state index contributed by atoms with van der Waals surface area (Å²) in [4.78, 5) is 11.8. The monoisotopic (exact) mass is 330 g/mol. The van der Waals surface area contributed by atoms with Gasteiger partial charge in [0, 0.05) is 25.1 Å². The van der Waals surface area contributed by atoms with Gasteiger partial charge in [-0.25, -0.2) is 0 Å². The summed E-state index contributed by atoms with van der Waals surface area (Å²) in [5, 5.41) is 6.19. The number of carbonyl (C=O) groups excluding carboxylic acids is 1. The maximum Gasteiger partial charge on any atom is 0.220 e. The minimum Gasteiger partial charge on any atom is -0.497 e. The number of carbonyl (C=O) groups is 1. The third-order valence-corrected chi connectivity index (χ3v) is 3.21. The van der Waals surface area contributed by atoms with Crippen LogP contribution in [0.3, 0.4) is 0 Å². The molecule has 0 fully saturated rings. The number of ether oxygens (including phenoxy) is 2.